The molecule has 1 aliphatic heterocycles. The van der Waals surface area contributed by atoms with Crippen LogP contribution in [-0.2, 0) is 9.59 Å². The minimum absolute atomic E-state index is 0.159. The molecule has 2 rings (SSSR count). The lowest BCUT2D eigenvalue weighted by molar-refractivity contribution is -0.140. The summed E-state index contributed by atoms with van der Waals surface area (Å²) in [6.45, 7) is 3.99. The first-order valence-corrected chi connectivity index (χ1v) is 8.14. The molecule has 0 bridgehead atoms. The van der Waals surface area contributed by atoms with Crippen molar-refractivity contribution in [3.8, 4) is 11.5 Å². The largest absolute Gasteiger partial charge is 0.494 e. The Balaban J connectivity index is 2.31. The second-order valence-electron chi connectivity index (χ2n) is 4.73. The van der Waals surface area contributed by atoms with Gasteiger partial charge in [0.1, 0.15) is 18.0 Å². The summed E-state index contributed by atoms with van der Waals surface area (Å²) in [5.41, 5.74) is 0.612. The second kappa shape index (κ2) is 7.87. The molecule has 0 radical (unpaired) electrons. The maximum Gasteiger partial charge on any atom is 0.323 e. The first kappa shape index (κ1) is 17.9. The van der Waals surface area contributed by atoms with Crippen molar-refractivity contribution in [3.05, 3.63) is 28.7 Å². The van der Waals surface area contributed by atoms with Crippen LogP contribution in [0.3, 0.4) is 0 Å². The molecule has 1 N–H and O–H groups in total. The number of aliphatic carboxylic acids is 1. The summed E-state index contributed by atoms with van der Waals surface area (Å²) < 4.78 is 11.0. The van der Waals surface area contributed by atoms with E-state index in [4.69, 9.17) is 14.6 Å². The van der Waals surface area contributed by atoms with Crippen LogP contribution in [0.2, 0.25) is 0 Å². The van der Waals surface area contributed by atoms with Gasteiger partial charge in [0, 0.05) is 11.6 Å². The first-order chi connectivity index (χ1) is 11.5. The van der Waals surface area contributed by atoms with Gasteiger partial charge >= 0.3 is 5.97 Å². The first-order valence-electron chi connectivity index (χ1n) is 7.33. The average Bonchev–Trinajstić information content (AvgIpc) is 2.77. The van der Waals surface area contributed by atoms with Crippen molar-refractivity contribution < 1.29 is 29.0 Å². The number of carboxylic acid groups (broad SMARTS) is 1. The Hall–Kier alpha value is -2.48. The summed E-state index contributed by atoms with van der Waals surface area (Å²) in [4.78, 5) is 35.6. The van der Waals surface area contributed by atoms with Gasteiger partial charge in [0.05, 0.1) is 18.1 Å². The number of carbonyl (C=O) groups is 3. The molecule has 1 saturated heterocycles. The Morgan fingerprint density at radius 3 is 2.58 bits per heavy atom. The quantitative estimate of drug-likeness (QED) is 0.755. The van der Waals surface area contributed by atoms with Gasteiger partial charge in [-0.3, -0.25) is 19.3 Å². The maximum atomic E-state index is 12.2. The predicted molar refractivity (Wildman–Crippen MR) is 89.1 cm³/mol. The fourth-order valence-corrected chi connectivity index (χ4v) is 2.91. The van der Waals surface area contributed by atoms with E-state index in [1.54, 1.807) is 18.2 Å². The van der Waals surface area contributed by atoms with Gasteiger partial charge < -0.3 is 14.6 Å². The normalized spacial score (nSPS) is 15.9. The number of benzene rings is 1. The second-order valence-corrected chi connectivity index (χ2v) is 5.72. The molecular formula is C16H17NO6S. The van der Waals surface area contributed by atoms with Crippen LogP contribution in [0.5, 0.6) is 11.5 Å². The topological polar surface area (TPSA) is 93.1 Å². The van der Waals surface area contributed by atoms with E-state index in [1.165, 1.54) is 6.08 Å². The third kappa shape index (κ3) is 4.08. The van der Waals surface area contributed by atoms with Gasteiger partial charge in [-0.05, 0) is 43.8 Å². The highest BCUT2D eigenvalue weighted by atomic mass is 32.2. The van der Waals surface area contributed by atoms with Crippen LogP contribution in [0.4, 0.5) is 4.79 Å². The molecule has 0 unspecified atom stereocenters. The number of rotatable bonds is 7. The highest BCUT2D eigenvalue weighted by Crippen LogP contribution is 2.35. The van der Waals surface area contributed by atoms with Crippen LogP contribution in [0.25, 0.3) is 6.08 Å². The van der Waals surface area contributed by atoms with Crippen molar-refractivity contribution in [2.45, 2.75) is 13.8 Å². The molecule has 7 nitrogen and oxygen atoms in total. The Labute approximate surface area is 143 Å². The van der Waals surface area contributed by atoms with Crippen molar-refractivity contribution in [1.29, 1.82) is 0 Å². The zero-order valence-electron chi connectivity index (χ0n) is 13.3. The van der Waals surface area contributed by atoms with Gasteiger partial charge in [-0.25, -0.2) is 0 Å². The van der Waals surface area contributed by atoms with E-state index < -0.39 is 23.7 Å². The molecule has 24 heavy (non-hydrogen) atoms. The number of amides is 2. The Bertz CT molecular complexity index is 700. The fourth-order valence-electron chi connectivity index (χ4n) is 2.08. The zero-order valence-corrected chi connectivity index (χ0v) is 14.1. The van der Waals surface area contributed by atoms with Crippen LogP contribution in [-0.4, -0.2) is 46.9 Å². The number of hydrogen-bond donors (Lipinski definition) is 1. The minimum atomic E-state index is -1.24. The average molecular weight is 351 g/mol. The standard InChI is InChI=1S/C16H17NO6S/c1-3-22-11-6-5-10(12(8-11)23-4-2)7-13-15(20)17(9-14(18)19)16(21)24-13/h5-8H,3-4,9H2,1-2H3,(H,18,19)/b13-7+. The van der Waals surface area contributed by atoms with Crippen LogP contribution in [0.15, 0.2) is 23.1 Å². The molecule has 0 aliphatic carbocycles. The predicted octanol–water partition coefficient (Wildman–Crippen LogP) is 2.60. The summed E-state index contributed by atoms with van der Waals surface area (Å²) in [5.74, 6) is -0.705. The lowest BCUT2D eigenvalue weighted by atomic mass is 10.1. The van der Waals surface area contributed by atoms with Crippen molar-refractivity contribution >= 4 is 35.0 Å². The molecule has 1 heterocycles. The van der Waals surface area contributed by atoms with Crippen molar-refractivity contribution in [2.24, 2.45) is 0 Å². The molecule has 1 aromatic carbocycles. The smallest absolute Gasteiger partial charge is 0.323 e. The Morgan fingerprint density at radius 1 is 1.25 bits per heavy atom. The SMILES string of the molecule is CCOc1ccc(/C=C2/SC(=O)N(CC(=O)O)C2=O)c(OCC)c1. The van der Waals surface area contributed by atoms with E-state index in [0.717, 1.165) is 0 Å². The molecule has 1 aliphatic rings. The number of carbonyl (C=O) groups excluding carboxylic acids is 2. The van der Waals surface area contributed by atoms with Gasteiger partial charge in [-0.2, -0.15) is 0 Å². The highest BCUT2D eigenvalue weighted by molar-refractivity contribution is 8.18. The van der Waals surface area contributed by atoms with Crippen LogP contribution in [0, 0.1) is 0 Å². The Kier molecular flexibility index (Phi) is 5.86. The van der Waals surface area contributed by atoms with E-state index in [-0.39, 0.29) is 4.91 Å². The van der Waals surface area contributed by atoms with Crippen molar-refractivity contribution in [2.75, 3.05) is 19.8 Å². The summed E-state index contributed by atoms with van der Waals surface area (Å²) in [6.07, 6.45) is 1.52. The summed E-state index contributed by atoms with van der Waals surface area (Å²) >= 11 is 0.708. The van der Waals surface area contributed by atoms with Crippen LogP contribution < -0.4 is 9.47 Å². The van der Waals surface area contributed by atoms with Gasteiger partial charge in [0.15, 0.2) is 0 Å². The van der Waals surface area contributed by atoms with Gasteiger partial charge in [-0.1, -0.05) is 0 Å². The number of carboxylic acids is 1. The molecule has 0 spiro atoms. The van der Waals surface area contributed by atoms with Crippen molar-refractivity contribution in [3.63, 3.8) is 0 Å². The molecule has 2 amide bonds. The molecular weight excluding hydrogens is 334 g/mol. The highest BCUT2D eigenvalue weighted by Gasteiger charge is 2.36. The van der Waals surface area contributed by atoms with E-state index >= 15 is 0 Å². The molecule has 128 valence electrons. The molecule has 0 saturated carbocycles. The van der Waals surface area contributed by atoms with E-state index in [1.807, 2.05) is 13.8 Å². The summed E-state index contributed by atoms with van der Waals surface area (Å²) in [5, 5.41) is 8.17. The summed E-state index contributed by atoms with van der Waals surface area (Å²) in [6, 6.07) is 5.17. The van der Waals surface area contributed by atoms with Crippen molar-refractivity contribution in [1.82, 2.24) is 4.90 Å². The van der Waals surface area contributed by atoms with E-state index in [9.17, 15) is 14.4 Å². The molecule has 1 aromatic rings. The number of ether oxygens (including phenoxy) is 2. The van der Waals surface area contributed by atoms with E-state index in [2.05, 4.69) is 0 Å². The molecule has 1 fully saturated rings. The number of thioether (sulfide) groups is 1. The third-order valence-electron chi connectivity index (χ3n) is 3.05. The molecule has 0 aromatic heterocycles. The number of nitrogens with zero attached hydrogens (tertiary/aromatic N) is 1. The molecule has 8 heteroatoms. The lowest BCUT2D eigenvalue weighted by Gasteiger charge is -2.11. The lowest BCUT2D eigenvalue weighted by Crippen LogP contribution is -2.33. The van der Waals surface area contributed by atoms with Gasteiger partial charge in [0.2, 0.25) is 0 Å². The fraction of sp³-hybridized carbons (Fsp3) is 0.312. The minimum Gasteiger partial charge on any atom is -0.494 e. The maximum absolute atomic E-state index is 12.2. The third-order valence-corrected chi connectivity index (χ3v) is 3.96. The summed E-state index contributed by atoms with van der Waals surface area (Å²) in [7, 11) is 0. The van der Waals surface area contributed by atoms with E-state index in [0.29, 0.717) is 46.9 Å². The molecule has 0 atom stereocenters. The van der Waals surface area contributed by atoms with Crippen LogP contribution >= 0.6 is 11.8 Å². The number of hydrogen-bond acceptors (Lipinski definition) is 6. The van der Waals surface area contributed by atoms with Gasteiger partial charge in [-0.15, -0.1) is 0 Å². The monoisotopic (exact) mass is 351 g/mol. The van der Waals surface area contributed by atoms with Gasteiger partial charge in [0.25, 0.3) is 11.1 Å². The Morgan fingerprint density at radius 2 is 1.96 bits per heavy atom. The number of imide groups is 1. The zero-order chi connectivity index (χ0) is 17.7. The van der Waals surface area contributed by atoms with Crippen LogP contribution in [0.1, 0.15) is 19.4 Å².